The molecule has 0 radical (unpaired) electrons. The van der Waals surface area contributed by atoms with Crippen LogP contribution in [0.25, 0.3) is 0 Å². The number of ether oxygens (including phenoxy) is 2. The van der Waals surface area contributed by atoms with Gasteiger partial charge in [0, 0.05) is 11.4 Å². The summed E-state index contributed by atoms with van der Waals surface area (Å²) in [5.41, 5.74) is 1.23. The van der Waals surface area contributed by atoms with E-state index in [1.807, 2.05) is 19.1 Å². The summed E-state index contributed by atoms with van der Waals surface area (Å²) in [6.45, 7) is 7.39. The SMILES string of the molecule is CCCCCNCc1ccc(OCc2cccs2)c(OCC)c1. The second-order valence-corrected chi connectivity index (χ2v) is 6.50. The van der Waals surface area contributed by atoms with E-state index in [0.717, 1.165) is 24.6 Å². The second kappa shape index (κ2) is 10.3. The summed E-state index contributed by atoms with van der Waals surface area (Å²) >= 11 is 1.71. The molecule has 0 bridgehead atoms. The standard InChI is InChI=1S/C19H27NO2S/c1-3-5-6-11-20-14-16-9-10-18(19(13-16)21-4-2)22-15-17-8-7-12-23-17/h7-10,12-13,20H,3-6,11,14-15H2,1-2H3. The molecule has 0 amide bonds. The molecule has 1 aromatic carbocycles. The minimum atomic E-state index is 0.590. The van der Waals surface area contributed by atoms with Crippen LogP contribution in [0.3, 0.4) is 0 Å². The van der Waals surface area contributed by atoms with Crippen molar-refractivity contribution in [2.75, 3.05) is 13.2 Å². The van der Waals surface area contributed by atoms with E-state index in [-0.39, 0.29) is 0 Å². The fraction of sp³-hybridized carbons (Fsp3) is 0.474. The lowest BCUT2D eigenvalue weighted by Crippen LogP contribution is -2.14. The molecule has 0 aliphatic heterocycles. The zero-order chi connectivity index (χ0) is 16.3. The summed E-state index contributed by atoms with van der Waals surface area (Å²) in [5, 5.41) is 5.55. The van der Waals surface area contributed by atoms with Crippen LogP contribution in [0.15, 0.2) is 35.7 Å². The number of nitrogens with one attached hydrogen (secondary N) is 1. The Kier molecular flexibility index (Phi) is 7.98. The van der Waals surface area contributed by atoms with Crippen LogP contribution in [0.4, 0.5) is 0 Å². The van der Waals surface area contributed by atoms with E-state index in [4.69, 9.17) is 9.47 Å². The van der Waals surface area contributed by atoms with Crippen molar-refractivity contribution in [2.45, 2.75) is 46.3 Å². The summed E-state index contributed by atoms with van der Waals surface area (Å²) in [5.74, 6) is 1.65. The van der Waals surface area contributed by atoms with Crippen LogP contribution >= 0.6 is 11.3 Å². The van der Waals surface area contributed by atoms with E-state index in [0.29, 0.717) is 13.2 Å². The molecule has 23 heavy (non-hydrogen) atoms. The molecule has 0 unspecified atom stereocenters. The Bertz CT molecular complexity index is 555. The van der Waals surface area contributed by atoms with Gasteiger partial charge in [-0.1, -0.05) is 31.9 Å². The quantitative estimate of drug-likeness (QED) is 0.587. The maximum absolute atomic E-state index is 5.91. The van der Waals surface area contributed by atoms with E-state index in [2.05, 4.69) is 35.8 Å². The molecule has 0 spiro atoms. The van der Waals surface area contributed by atoms with Crippen molar-refractivity contribution < 1.29 is 9.47 Å². The first kappa shape index (κ1) is 17.8. The predicted octanol–water partition coefficient (Wildman–Crippen LogP) is 5.01. The van der Waals surface area contributed by atoms with Gasteiger partial charge in [-0.2, -0.15) is 0 Å². The molecular formula is C19H27NO2S. The first-order valence-electron chi connectivity index (χ1n) is 8.45. The van der Waals surface area contributed by atoms with Gasteiger partial charge in [-0.05, 0) is 49.0 Å². The number of hydrogen-bond donors (Lipinski definition) is 1. The Balaban J connectivity index is 1.91. The zero-order valence-electron chi connectivity index (χ0n) is 14.1. The number of unbranched alkanes of at least 4 members (excludes halogenated alkanes) is 2. The van der Waals surface area contributed by atoms with Crippen molar-refractivity contribution in [3.63, 3.8) is 0 Å². The maximum Gasteiger partial charge on any atom is 0.161 e. The van der Waals surface area contributed by atoms with Gasteiger partial charge in [0.1, 0.15) is 6.61 Å². The largest absolute Gasteiger partial charge is 0.490 e. The van der Waals surface area contributed by atoms with Gasteiger partial charge in [-0.25, -0.2) is 0 Å². The first-order chi connectivity index (χ1) is 11.3. The third-order valence-electron chi connectivity index (χ3n) is 3.54. The molecule has 3 nitrogen and oxygen atoms in total. The molecule has 2 aromatic rings. The van der Waals surface area contributed by atoms with Crippen LogP contribution < -0.4 is 14.8 Å². The molecule has 0 fully saturated rings. The van der Waals surface area contributed by atoms with Gasteiger partial charge in [0.15, 0.2) is 11.5 Å². The van der Waals surface area contributed by atoms with E-state index in [9.17, 15) is 0 Å². The molecule has 0 saturated heterocycles. The van der Waals surface area contributed by atoms with Crippen LogP contribution in [0, 0.1) is 0 Å². The van der Waals surface area contributed by atoms with Crippen LogP contribution in [-0.4, -0.2) is 13.2 Å². The number of hydrogen-bond acceptors (Lipinski definition) is 4. The topological polar surface area (TPSA) is 30.5 Å². The van der Waals surface area contributed by atoms with Crippen LogP contribution in [0.1, 0.15) is 43.6 Å². The lowest BCUT2D eigenvalue weighted by molar-refractivity contribution is 0.271. The van der Waals surface area contributed by atoms with Crippen molar-refractivity contribution in [3.05, 3.63) is 46.2 Å². The molecule has 0 aliphatic rings. The van der Waals surface area contributed by atoms with Gasteiger partial charge in [-0.15, -0.1) is 11.3 Å². The first-order valence-corrected chi connectivity index (χ1v) is 9.33. The van der Waals surface area contributed by atoms with Gasteiger partial charge in [0.2, 0.25) is 0 Å². The summed E-state index contributed by atoms with van der Waals surface area (Å²) in [7, 11) is 0. The smallest absolute Gasteiger partial charge is 0.161 e. The Hall–Kier alpha value is -1.52. The van der Waals surface area contributed by atoms with Gasteiger partial charge >= 0.3 is 0 Å². The lowest BCUT2D eigenvalue weighted by atomic mass is 10.2. The minimum absolute atomic E-state index is 0.590. The summed E-state index contributed by atoms with van der Waals surface area (Å²) in [4.78, 5) is 1.22. The van der Waals surface area contributed by atoms with Crippen molar-refractivity contribution in [1.29, 1.82) is 0 Å². The number of rotatable bonds is 11. The fourth-order valence-electron chi connectivity index (χ4n) is 2.33. The van der Waals surface area contributed by atoms with Crippen molar-refractivity contribution in [2.24, 2.45) is 0 Å². The second-order valence-electron chi connectivity index (χ2n) is 5.47. The highest BCUT2D eigenvalue weighted by molar-refractivity contribution is 7.09. The molecule has 1 heterocycles. The molecular weight excluding hydrogens is 306 g/mol. The van der Waals surface area contributed by atoms with Gasteiger partial charge < -0.3 is 14.8 Å². The Morgan fingerprint density at radius 3 is 2.70 bits per heavy atom. The molecule has 0 saturated carbocycles. The van der Waals surface area contributed by atoms with Crippen molar-refractivity contribution >= 4 is 11.3 Å². The lowest BCUT2D eigenvalue weighted by Gasteiger charge is -2.13. The molecule has 1 aromatic heterocycles. The Labute approximate surface area is 143 Å². The third kappa shape index (κ3) is 6.24. The molecule has 4 heteroatoms. The van der Waals surface area contributed by atoms with Crippen LogP contribution in [-0.2, 0) is 13.2 Å². The van der Waals surface area contributed by atoms with Crippen LogP contribution in [0.5, 0.6) is 11.5 Å². The molecule has 0 atom stereocenters. The Morgan fingerprint density at radius 2 is 1.96 bits per heavy atom. The monoisotopic (exact) mass is 333 g/mol. The Morgan fingerprint density at radius 1 is 1.04 bits per heavy atom. The van der Waals surface area contributed by atoms with E-state index >= 15 is 0 Å². The molecule has 2 rings (SSSR count). The normalized spacial score (nSPS) is 10.7. The maximum atomic E-state index is 5.91. The zero-order valence-corrected chi connectivity index (χ0v) is 15.0. The predicted molar refractivity (Wildman–Crippen MR) is 97.5 cm³/mol. The van der Waals surface area contributed by atoms with Gasteiger partial charge in [-0.3, -0.25) is 0 Å². The van der Waals surface area contributed by atoms with Crippen LogP contribution in [0.2, 0.25) is 0 Å². The van der Waals surface area contributed by atoms with E-state index in [1.54, 1.807) is 11.3 Å². The van der Waals surface area contributed by atoms with Crippen molar-refractivity contribution in [1.82, 2.24) is 5.32 Å². The highest BCUT2D eigenvalue weighted by Crippen LogP contribution is 2.29. The number of benzene rings is 1. The third-order valence-corrected chi connectivity index (χ3v) is 4.39. The highest BCUT2D eigenvalue weighted by Gasteiger charge is 2.07. The van der Waals surface area contributed by atoms with Gasteiger partial charge in [0.25, 0.3) is 0 Å². The average Bonchev–Trinajstić information content (AvgIpc) is 3.08. The summed E-state index contributed by atoms with van der Waals surface area (Å²) < 4.78 is 11.7. The molecule has 0 aliphatic carbocycles. The molecule has 1 N–H and O–H groups in total. The minimum Gasteiger partial charge on any atom is -0.490 e. The fourth-order valence-corrected chi connectivity index (χ4v) is 2.94. The average molecular weight is 333 g/mol. The van der Waals surface area contributed by atoms with Crippen molar-refractivity contribution in [3.8, 4) is 11.5 Å². The summed E-state index contributed by atoms with van der Waals surface area (Å²) in [6, 6.07) is 10.3. The summed E-state index contributed by atoms with van der Waals surface area (Å²) in [6.07, 6.45) is 3.77. The van der Waals surface area contributed by atoms with Gasteiger partial charge in [0.05, 0.1) is 6.61 Å². The molecule has 126 valence electrons. The van der Waals surface area contributed by atoms with E-state index in [1.165, 1.54) is 29.7 Å². The van der Waals surface area contributed by atoms with E-state index < -0.39 is 0 Å². The highest BCUT2D eigenvalue weighted by atomic mass is 32.1. The number of thiophene rings is 1.